The maximum Gasteiger partial charge on any atom is 0.240 e. The monoisotopic (exact) mass is 308 g/mol. The summed E-state index contributed by atoms with van der Waals surface area (Å²) in [5.41, 5.74) is 2.18. The molecule has 0 spiro atoms. The fourth-order valence-corrected chi connectivity index (χ4v) is 4.57. The minimum Gasteiger partial charge on any atom is -0.385 e. The quantitative estimate of drug-likeness (QED) is 0.899. The number of hydrogen-bond acceptors (Lipinski definition) is 3. The first kappa shape index (κ1) is 14.9. The summed E-state index contributed by atoms with van der Waals surface area (Å²) in [6.45, 7) is 3.73. The summed E-state index contributed by atoms with van der Waals surface area (Å²) in [4.78, 5) is 0.377. The van der Waals surface area contributed by atoms with E-state index >= 15 is 0 Å². The lowest BCUT2D eigenvalue weighted by Gasteiger charge is -2.19. The molecule has 5 heteroatoms. The van der Waals surface area contributed by atoms with Crippen molar-refractivity contribution in [2.45, 2.75) is 43.9 Å². The van der Waals surface area contributed by atoms with Gasteiger partial charge in [0.15, 0.2) is 0 Å². The molecule has 1 heterocycles. The summed E-state index contributed by atoms with van der Waals surface area (Å²) in [5, 5.41) is 3.29. The van der Waals surface area contributed by atoms with E-state index in [4.69, 9.17) is 0 Å². The molecule has 0 bridgehead atoms. The van der Waals surface area contributed by atoms with Gasteiger partial charge in [-0.3, -0.25) is 0 Å². The van der Waals surface area contributed by atoms with Crippen molar-refractivity contribution in [1.29, 1.82) is 0 Å². The SMILES string of the molecule is CC1CCC(CNS(=O)(=O)c2ccc3c(c2)NCCC3)C1. The van der Waals surface area contributed by atoms with Crippen LogP contribution < -0.4 is 10.0 Å². The van der Waals surface area contributed by atoms with E-state index in [0.717, 1.165) is 43.8 Å². The lowest BCUT2D eigenvalue weighted by molar-refractivity contribution is 0.498. The zero-order valence-corrected chi connectivity index (χ0v) is 13.4. The predicted octanol–water partition coefficient (Wildman–Crippen LogP) is 2.76. The number of aryl methyl sites for hydroxylation is 1. The Hall–Kier alpha value is -1.07. The van der Waals surface area contributed by atoms with E-state index in [2.05, 4.69) is 17.0 Å². The van der Waals surface area contributed by atoms with Crippen LogP contribution in [0.2, 0.25) is 0 Å². The molecule has 1 aliphatic carbocycles. The van der Waals surface area contributed by atoms with Gasteiger partial charge in [0.1, 0.15) is 0 Å². The van der Waals surface area contributed by atoms with Crippen LogP contribution in [0.1, 0.15) is 38.2 Å². The average Bonchev–Trinajstić information content (AvgIpc) is 2.90. The van der Waals surface area contributed by atoms with Gasteiger partial charge in [-0.2, -0.15) is 0 Å². The molecule has 4 nitrogen and oxygen atoms in total. The third kappa shape index (κ3) is 3.40. The van der Waals surface area contributed by atoms with Crippen LogP contribution in [-0.2, 0) is 16.4 Å². The summed E-state index contributed by atoms with van der Waals surface area (Å²) >= 11 is 0. The van der Waals surface area contributed by atoms with E-state index in [1.165, 1.54) is 12.0 Å². The number of sulfonamides is 1. The highest BCUT2D eigenvalue weighted by molar-refractivity contribution is 7.89. The molecule has 0 saturated heterocycles. The molecule has 0 amide bonds. The zero-order valence-electron chi connectivity index (χ0n) is 12.6. The minimum absolute atomic E-state index is 0.377. The minimum atomic E-state index is -3.39. The van der Waals surface area contributed by atoms with E-state index in [-0.39, 0.29) is 0 Å². The maximum atomic E-state index is 12.4. The lowest BCUT2D eigenvalue weighted by atomic mass is 10.0. The van der Waals surface area contributed by atoms with Crippen molar-refractivity contribution in [2.24, 2.45) is 11.8 Å². The third-order valence-corrected chi connectivity index (χ3v) is 6.12. The standard InChI is InChI=1S/C16H24N2O2S/c1-12-4-5-13(9-12)11-18-21(19,20)15-7-6-14-3-2-8-17-16(14)10-15/h6-7,10,12-13,17-18H,2-5,8-9,11H2,1H3. The molecule has 1 saturated carbocycles. The van der Waals surface area contributed by atoms with E-state index in [9.17, 15) is 8.42 Å². The van der Waals surface area contributed by atoms with Crippen LogP contribution in [0.15, 0.2) is 23.1 Å². The Bertz CT molecular complexity index is 613. The number of nitrogens with one attached hydrogen (secondary N) is 2. The highest BCUT2D eigenvalue weighted by Gasteiger charge is 2.24. The molecule has 1 aromatic carbocycles. The molecule has 2 aliphatic rings. The number of rotatable bonds is 4. The van der Waals surface area contributed by atoms with E-state index in [1.54, 1.807) is 12.1 Å². The molecule has 0 aromatic heterocycles. The van der Waals surface area contributed by atoms with Gasteiger partial charge in [-0.15, -0.1) is 0 Å². The first-order valence-corrected chi connectivity index (χ1v) is 9.39. The molecule has 116 valence electrons. The molecule has 21 heavy (non-hydrogen) atoms. The fraction of sp³-hybridized carbons (Fsp3) is 0.625. The van der Waals surface area contributed by atoms with Crippen LogP contribution in [0, 0.1) is 11.8 Å². The smallest absolute Gasteiger partial charge is 0.240 e. The van der Waals surface area contributed by atoms with Gasteiger partial charge in [0, 0.05) is 18.8 Å². The Balaban J connectivity index is 1.69. The van der Waals surface area contributed by atoms with Crippen LogP contribution in [0.3, 0.4) is 0 Å². The fourth-order valence-electron chi connectivity index (χ4n) is 3.43. The zero-order chi connectivity index (χ0) is 14.9. The van der Waals surface area contributed by atoms with Crippen molar-refractivity contribution >= 4 is 15.7 Å². The molecular weight excluding hydrogens is 284 g/mol. The number of anilines is 1. The second-order valence-electron chi connectivity index (χ2n) is 6.49. The van der Waals surface area contributed by atoms with Gasteiger partial charge in [0.05, 0.1) is 4.90 Å². The van der Waals surface area contributed by atoms with E-state index in [0.29, 0.717) is 17.4 Å². The molecule has 2 atom stereocenters. The Morgan fingerprint density at radius 3 is 2.95 bits per heavy atom. The summed E-state index contributed by atoms with van der Waals surface area (Å²) in [5.74, 6) is 1.22. The van der Waals surface area contributed by atoms with Crippen LogP contribution >= 0.6 is 0 Å². The number of hydrogen-bond donors (Lipinski definition) is 2. The summed E-state index contributed by atoms with van der Waals surface area (Å²) in [7, 11) is -3.39. The van der Waals surface area contributed by atoms with Gasteiger partial charge in [0.2, 0.25) is 10.0 Å². The second-order valence-corrected chi connectivity index (χ2v) is 8.25. The average molecular weight is 308 g/mol. The largest absolute Gasteiger partial charge is 0.385 e. The van der Waals surface area contributed by atoms with Crippen molar-refractivity contribution in [3.63, 3.8) is 0 Å². The Morgan fingerprint density at radius 2 is 2.19 bits per heavy atom. The molecule has 1 aliphatic heterocycles. The summed E-state index contributed by atoms with van der Waals surface area (Å²) in [6, 6.07) is 5.44. The molecule has 1 fully saturated rings. The van der Waals surface area contributed by atoms with Gasteiger partial charge in [-0.1, -0.05) is 19.4 Å². The van der Waals surface area contributed by atoms with Crippen molar-refractivity contribution in [3.05, 3.63) is 23.8 Å². The second kappa shape index (κ2) is 5.97. The molecule has 1 aromatic rings. The van der Waals surface area contributed by atoms with Crippen LogP contribution in [0.5, 0.6) is 0 Å². The van der Waals surface area contributed by atoms with Crippen molar-refractivity contribution in [3.8, 4) is 0 Å². The maximum absolute atomic E-state index is 12.4. The Morgan fingerprint density at radius 1 is 1.33 bits per heavy atom. The highest BCUT2D eigenvalue weighted by Crippen LogP contribution is 2.30. The first-order chi connectivity index (χ1) is 10.0. The third-order valence-electron chi connectivity index (χ3n) is 4.70. The summed E-state index contributed by atoms with van der Waals surface area (Å²) in [6.07, 6.45) is 5.62. The summed E-state index contributed by atoms with van der Waals surface area (Å²) < 4.78 is 27.6. The molecule has 3 rings (SSSR count). The molecule has 0 radical (unpaired) electrons. The van der Waals surface area contributed by atoms with Crippen molar-refractivity contribution in [2.75, 3.05) is 18.4 Å². The van der Waals surface area contributed by atoms with E-state index < -0.39 is 10.0 Å². The van der Waals surface area contributed by atoms with Gasteiger partial charge < -0.3 is 5.32 Å². The number of benzene rings is 1. The van der Waals surface area contributed by atoms with Gasteiger partial charge in [-0.25, -0.2) is 13.1 Å². The Labute approximate surface area is 127 Å². The molecule has 2 unspecified atom stereocenters. The van der Waals surface area contributed by atoms with Gasteiger partial charge >= 0.3 is 0 Å². The molecule has 2 N–H and O–H groups in total. The highest BCUT2D eigenvalue weighted by atomic mass is 32.2. The van der Waals surface area contributed by atoms with E-state index in [1.807, 2.05) is 6.07 Å². The van der Waals surface area contributed by atoms with Gasteiger partial charge in [0.25, 0.3) is 0 Å². The Kier molecular flexibility index (Phi) is 4.22. The molecular formula is C16H24N2O2S. The van der Waals surface area contributed by atoms with Crippen LogP contribution in [0.4, 0.5) is 5.69 Å². The first-order valence-electron chi connectivity index (χ1n) is 7.91. The van der Waals surface area contributed by atoms with Crippen LogP contribution in [0.25, 0.3) is 0 Å². The number of fused-ring (bicyclic) bond motifs is 1. The van der Waals surface area contributed by atoms with Crippen molar-refractivity contribution < 1.29 is 8.42 Å². The topological polar surface area (TPSA) is 58.2 Å². The van der Waals surface area contributed by atoms with Gasteiger partial charge in [-0.05, 0) is 55.2 Å². The predicted molar refractivity (Wildman–Crippen MR) is 84.9 cm³/mol. The lowest BCUT2D eigenvalue weighted by Crippen LogP contribution is -2.29. The van der Waals surface area contributed by atoms with Crippen LogP contribution in [-0.4, -0.2) is 21.5 Å². The normalized spacial score (nSPS) is 25.4. The van der Waals surface area contributed by atoms with Crippen molar-refractivity contribution in [1.82, 2.24) is 4.72 Å².